The fraction of sp³-hybridized carbons (Fsp3) is 0.217. The van der Waals surface area contributed by atoms with Crippen molar-refractivity contribution in [3.05, 3.63) is 59.1 Å². The van der Waals surface area contributed by atoms with Crippen molar-refractivity contribution in [3.63, 3.8) is 0 Å². The Hall–Kier alpha value is -3.72. The summed E-state index contributed by atoms with van der Waals surface area (Å²) in [5, 5.41) is 4.79. The van der Waals surface area contributed by atoms with Gasteiger partial charge in [-0.2, -0.15) is 0 Å². The highest BCUT2D eigenvalue weighted by molar-refractivity contribution is 7.13. The van der Waals surface area contributed by atoms with Gasteiger partial charge in [-0.25, -0.2) is 9.78 Å². The lowest BCUT2D eigenvalue weighted by atomic mass is 10.1. The Labute approximate surface area is 189 Å². The number of ketones is 1. The Morgan fingerprint density at radius 2 is 1.78 bits per heavy atom. The molecule has 0 saturated carbocycles. The van der Waals surface area contributed by atoms with Crippen LogP contribution in [0.15, 0.2) is 47.8 Å². The minimum Gasteiger partial charge on any atom is -0.493 e. The van der Waals surface area contributed by atoms with Crippen LogP contribution in [0.3, 0.4) is 0 Å². The summed E-state index contributed by atoms with van der Waals surface area (Å²) < 4.78 is 15.8. The summed E-state index contributed by atoms with van der Waals surface area (Å²) in [5.41, 5.74) is 1.76. The van der Waals surface area contributed by atoms with Crippen LogP contribution in [0.2, 0.25) is 0 Å². The van der Waals surface area contributed by atoms with Crippen LogP contribution < -0.4 is 14.8 Å². The third-order valence-corrected chi connectivity index (χ3v) is 5.42. The van der Waals surface area contributed by atoms with Crippen molar-refractivity contribution < 1.29 is 28.6 Å². The normalized spacial score (nSPS) is 11.4. The molecule has 0 aliphatic carbocycles. The number of benzene rings is 2. The first-order chi connectivity index (χ1) is 15.3. The highest BCUT2D eigenvalue weighted by atomic mass is 32.1. The third-order valence-electron chi connectivity index (χ3n) is 4.53. The van der Waals surface area contributed by atoms with Gasteiger partial charge in [0.25, 0.3) is 5.91 Å². The number of aromatic nitrogens is 1. The van der Waals surface area contributed by atoms with Gasteiger partial charge < -0.3 is 19.5 Å². The second-order valence-electron chi connectivity index (χ2n) is 6.78. The fourth-order valence-electron chi connectivity index (χ4n) is 2.80. The van der Waals surface area contributed by atoms with Crippen molar-refractivity contribution in [2.24, 2.45) is 0 Å². The van der Waals surface area contributed by atoms with Gasteiger partial charge in [0.1, 0.15) is 5.01 Å². The van der Waals surface area contributed by atoms with Crippen LogP contribution in [0.4, 0.5) is 5.69 Å². The number of carbonyl (C=O) groups excluding carboxylic acids is 3. The maximum absolute atomic E-state index is 12.5. The Kier molecular flexibility index (Phi) is 7.21. The van der Waals surface area contributed by atoms with E-state index in [0.717, 1.165) is 5.56 Å². The van der Waals surface area contributed by atoms with Gasteiger partial charge in [-0.3, -0.25) is 9.59 Å². The van der Waals surface area contributed by atoms with E-state index in [-0.39, 0.29) is 11.5 Å². The number of carbonyl (C=O) groups is 3. The SMILES string of the molecule is COc1ccc(-c2nc(C(=O)OC(C)C(=O)Nc3cccc(C(C)=O)c3)cs2)cc1OC. The molecule has 0 bridgehead atoms. The van der Waals surface area contributed by atoms with Crippen molar-refractivity contribution in [1.29, 1.82) is 0 Å². The molecule has 0 aliphatic heterocycles. The van der Waals surface area contributed by atoms with E-state index in [1.807, 2.05) is 0 Å². The topological polar surface area (TPSA) is 104 Å². The summed E-state index contributed by atoms with van der Waals surface area (Å²) in [6.07, 6.45) is -1.06. The zero-order chi connectivity index (χ0) is 23.3. The summed E-state index contributed by atoms with van der Waals surface area (Å²) in [6.45, 7) is 2.90. The van der Waals surface area contributed by atoms with Gasteiger partial charge in [0.15, 0.2) is 29.1 Å². The number of methoxy groups -OCH3 is 2. The minimum atomic E-state index is -1.06. The first-order valence-electron chi connectivity index (χ1n) is 9.63. The molecule has 1 aromatic heterocycles. The molecule has 9 heteroatoms. The quantitative estimate of drug-likeness (QED) is 0.402. The number of amides is 1. The van der Waals surface area contributed by atoms with Crippen molar-refractivity contribution in [1.82, 2.24) is 4.98 Å². The third kappa shape index (κ3) is 5.30. The van der Waals surface area contributed by atoms with Gasteiger partial charge in [0, 0.05) is 22.2 Å². The number of nitrogens with one attached hydrogen (secondary N) is 1. The molecule has 1 N–H and O–H groups in total. The Morgan fingerprint density at radius 3 is 2.47 bits per heavy atom. The van der Waals surface area contributed by atoms with Gasteiger partial charge in [0.05, 0.1) is 14.2 Å². The average molecular weight is 455 g/mol. The standard InChI is InChI=1S/C23H22N2O6S/c1-13(26)15-6-5-7-17(10-15)24-21(27)14(2)31-23(28)18-12-32-22(25-18)16-8-9-19(29-3)20(11-16)30-4/h5-12,14H,1-4H3,(H,24,27). The molecule has 3 rings (SSSR count). The van der Waals surface area contributed by atoms with Gasteiger partial charge in [-0.1, -0.05) is 12.1 Å². The summed E-state index contributed by atoms with van der Waals surface area (Å²) in [6, 6.07) is 11.8. The zero-order valence-corrected chi connectivity index (χ0v) is 18.8. The summed E-state index contributed by atoms with van der Waals surface area (Å²) in [7, 11) is 3.08. The monoisotopic (exact) mass is 454 g/mol. The molecule has 166 valence electrons. The zero-order valence-electron chi connectivity index (χ0n) is 18.0. The lowest BCUT2D eigenvalue weighted by molar-refractivity contribution is -0.123. The first-order valence-corrected chi connectivity index (χ1v) is 10.5. The van der Waals surface area contributed by atoms with E-state index < -0.39 is 18.0 Å². The molecular weight excluding hydrogens is 432 g/mol. The molecule has 3 aromatic rings. The van der Waals surface area contributed by atoms with Gasteiger partial charge >= 0.3 is 5.97 Å². The highest BCUT2D eigenvalue weighted by Crippen LogP contribution is 2.33. The second-order valence-corrected chi connectivity index (χ2v) is 7.64. The number of Topliss-reactive ketones (excluding diaryl/α,β-unsaturated/α-hetero) is 1. The maximum Gasteiger partial charge on any atom is 0.358 e. The molecule has 0 radical (unpaired) electrons. The van der Waals surface area contributed by atoms with Crippen molar-refractivity contribution in [2.45, 2.75) is 20.0 Å². The van der Waals surface area contributed by atoms with Crippen molar-refractivity contribution >= 4 is 34.7 Å². The lowest BCUT2D eigenvalue weighted by Crippen LogP contribution is -2.30. The van der Waals surface area contributed by atoms with Crippen LogP contribution in [0.5, 0.6) is 11.5 Å². The van der Waals surface area contributed by atoms with E-state index in [9.17, 15) is 14.4 Å². The molecule has 2 aromatic carbocycles. The van der Waals surface area contributed by atoms with Crippen LogP contribution >= 0.6 is 11.3 Å². The van der Waals surface area contributed by atoms with Crippen LogP contribution in [-0.2, 0) is 9.53 Å². The van der Waals surface area contributed by atoms with E-state index in [2.05, 4.69) is 10.3 Å². The van der Waals surface area contributed by atoms with E-state index in [1.165, 1.54) is 32.3 Å². The second kappa shape index (κ2) is 10.1. The van der Waals surface area contributed by atoms with Crippen molar-refractivity contribution in [2.75, 3.05) is 19.5 Å². The molecule has 1 heterocycles. The van der Waals surface area contributed by atoms with Crippen LogP contribution in [0, 0.1) is 0 Å². The Morgan fingerprint density at radius 1 is 1.03 bits per heavy atom. The molecule has 1 amide bonds. The summed E-state index contributed by atoms with van der Waals surface area (Å²) >= 11 is 1.27. The molecule has 0 saturated heterocycles. The summed E-state index contributed by atoms with van der Waals surface area (Å²) in [4.78, 5) is 40.7. The van der Waals surface area contributed by atoms with Crippen LogP contribution in [0.25, 0.3) is 10.6 Å². The summed E-state index contributed by atoms with van der Waals surface area (Å²) in [5.74, 6) is -0.221. The van der Waals surface area contributed by atoms with Crippen LogP contribution in [-0.4, -0.2) is 43.0 Å². The number of hydrogen-bond acceptors (Lipinski definition) is 8. The van der Waals surface area contributed by atoms with E-state index in [0.29, 0.717) is 27.8 Å². The number of hydrogen-bond donors (Lipinski definition) is 1. The smallest absolute Gasteiger partial charge is 0.358 e. The van der Waals surface area contributed by atoms with E-state index in [4.69, 9.17) is 14.2 Å². The molecular formula is C23H22N2O6S. The molecule has 0 fully saturated rings. The van der Waals surface area contributed by atoms with Gasteiger partial charge in [0.2, 0.25) is 0 Å². The molecule has 8 nitrogen and oxygen atoms in total. The Balaban J connectivity index is 1.66. The highest BCUT2D eigenvalue weighted by Gasteiger charge is 2.22. The van der Waals surface area contributed by atoms with Gasteiger partial charge in [-0.15, -0.1) is 11.3 Å². The average Bonchev–Trinajstić information content (AvgIpc) is 3.29. The van der Waals surface area contributed by atoms with E-state index in [1.54, 1.807) is 55.0 Å². The number of esters is 1. The van der Waals surface area contributed by atoms with Crippen molar-refractivity contribution in [3.8, 4) is 22.1 Å². The maximum atomic E-state index is 12.5. The largest absolute Gasteiger partial charge is 0.493 e. The molecule has 0 aliphatic rings. The predicted octanol–water partition coefficient (Wildman–Crippen LogP) is 4.21. The number of thiazole rings is 1. The lowest BCUT2D eigenvalue weighted by Gasteiger charge is -2.13. The molecule has 32 heavy (non-hydrogen) atoms. The van der Waals surface area contributed by atoms with Gasteiger partial charge in [-0.05, 0) is 44.2 Å². The number of ether oxygens (including phenoxy) is 3. The molecule has 1 atom stereocenters. The van der Waals surface area contributed by atoms with E-state index >= 15 is 0 Å². The number of anilines is 1. The Bertz CT molecular complexity index is 1160. The molecule has 0 spiro atoms. The number of nitrogens with zero attached hydrogens (tertiary/aromatic N) is 1. The fourth-order valence-corrected chi connectivity index (χ4v) is 3.59. The first kappa shape index (κ1) is 23.0. The van der Waals surface area contributed by atoms with Crippen LogP contribution in [0.1, 0.15) is 34.7 Å². The molecule has 1 unspecified atom stereocenters. The minimum absolute atomic E-state index is 0.0954. The predicted molar refractivity (Wildman–Crippen MR) is 121 cm³/mol. The number of rotatable bonds is 8.